The highest BCUT2D eigenvalue weighted by atomic mass is 35.5. The largest absolute Gasteiger partial charge is 0.477 e. The van der Waals surface area contributed by atoms with E-state index in [9.17, 15) is 9.90 Å². The Morgan fingerprint density at radius 2 is 2.35 bits per heavy atom. The van der Waals surface area contributed by atoms with Gasteiger partial charge in [0.2, 0.25) is 0 Å². The van der Waals surface area contributed by atoms with Crippen LogP contribution < -0.4 is 10.1 Å². The van der Waals surface area contributed by atoms with E-state index < -0.39 is 11.7 Å². The highest BCUT2D eigenvalue weighted by molar-refractivity contribution is 6.30. The Labute approximate surface area is 105 Å². The lowest BCUT2D eigenvalue weighted by atomic mass is 10.1. The Morgan fingerprint density at radius 3 is 2.88 bits per heavy atom. The summed E-state index contributed by atoms with van der Waals surface area (Å²) in [6.07, 6.45) is 1.25. The molecule has 0 radical (unpaired) electrons. The average Bonchev–Trinajstić information content (AvgIpc) is 2.72. The molecule has 0 aromatic heterocycles. The number of hydrogen-bond donors (Lipinski definition) is 2. The van der Waals surface area contributed by atoms with Crippen LogP contribution in [0.2, 0.25) is 5.02 Å². The molecule has 0 amide bonds. The van der Waals surface area contributed by atoms with Crippen molar-refractivity contribution in [3.05, 3.63) is 28.8 Å². The van der Waals surface area contributed by atoms with Crippen molar-refractivity contribution in [2.45, 2.75) is 25.5 Å². The Kier molecular flexibility index (Phi) is 3.26. The van der Waals surface area contributed by atoms with Gasteiger partial charge in [0, 0.05) is 11.4 Å². The molecule has 1 saturated heterocycles. The van der Waals surface area contributed by atoms with Crippen LogP contribution in [-0.2, 0) is 4.79 Å². The first kappa shape index (κ1) is 12.2. The van der Waals surface area contributed by atoms with Gasteiger partial charge in [-0.3, -0.25) is 5.32 Å². The van der Waals surface area contributed by atoms with E-state index in [-0.39, 0.29) is 0 Å². The number of carboxylic acids is 1. The van der Waals surface area contributed by atoms with Crippen LogP contribution in [0.15, 0.2) is 18.2 Å². The SMILES string of the molecule is Cc1cc(Cl)ccc1O[C@@]1(C(=O)O)CCCN1. The average molecular weight is 256 g/mol. The van der Waals surface area contributed by atoms with Gasteiger partial charge in [-0.15, -0.1) is 0 Å². The van der Waals surface area contributed by atoms with Crippen LogP contribution in [0.25, 0.3) is 0 Å². The molecule has 0 unspecified atom stereocenters. The van der Waals surface area contributed by atoms with Gasteiger partial charge in [-0.05, 0) is 43.7 Å². The summed E-state index contributed by atoms with van der Waals surface area (Å²) < 4.78 is 5.64. The van der Waals surface area contributed by atoms with E-state index in [1.54, 1.807) is 18.2 Å². The molecule has 1 fully saturated rings. The molecule has 2 rings (SSSR count). The van der Waals surface area contributed by atoms with Gasteiger partial charge in [-0.25, -0.2) is 4.79 Å². The van der Waals surface area contributed by atoms with E-state index in [0.717, 1.165) is 12.0 Å². The van der Waals surface area contributed by atoms with E-state index >= 15 is 0 Å². The van der Waals surface area contributed by atoms with Crippen LogP contribution in [0.3, 0.4) is 0 Å². The van der Waals surface area contributed by atoms with Crippen LogP contribution in [0.4, 0.5) is 0 Å². The zero-order valence-corrected chi connectivity index (χ0v) is 10.3. The third kappa shape index (κ3) is 2.37. The van der Waals surface area contributed by atoms with E-state index in [1.165, 1.54) is 0 Å². The Bertz CT molecular complexity index is 441. The third-order valence-corrected chi connectivity index (χ3v) is 3.12. The molecule has 0 saturated carbocycles. The summed E-state index contributed by atoms with van der Waals surface area (Å²) in [4.78, 5) is 11.3. The molecule has 0 aliphatic carbocycles. The Morgan fingerprint density at radius 1 is 1.59 bits per heavy atom. The molecule has 17 heavy (non-hydrogen) atoms. The van der Waals surface area contributed by atoms with E-state index in [1.807, 2.05) is 6.92 Å². The summed E-state index contributed by atoms with van der Waals surface area (Å²) in [5.74, 6) is -0.435. The van der Waals surface area contributed by atoms with Crippen molar-refractivity contribution >= 4 is 17.6 Å². The molecule has 1 heterocycles. The number of nitrogens with one attached hydrogen (secondary N) is 1. The maximum absolute atomic E-state index is 11.3. The van der Waals surface area contributed by atoms with Crippen molar-refractivity contribution in [3.8, 4) is 5.75 Å². The van der Waals surface area contributed by atoms with Crippen LogP contribution in [0.1, 0.15) is 18.4 Å². The number of ether oxygens (including phenoxy) is 1. The summed E-state index contributed by atoms with van der Waals surface area (Å²) >= 11 is 5.84. The molecule has 1 atom stereocenters. The summed E-state index contributed by atoms with van der Waals surface area (Å²) in [7, 11) is 0. The van der Waals surface area contributed by atoms with Crippen molar-refractivity contribution < 1.29 is 14.6 Å². The molecule has 4 nitrogen and oxygen atoms in total. The van der Waals surface area contributed by atoms with Crippen molar-refractivity contribution in [3.63, 3.8) is 0 Å². The molecule has 1 aromatic carbocycles. The first-order chi connectivity index (χ1) is 8.03. The van der Waals surface area contributed by atoms with E-state index in [0.29, 0.717) is 23.7 Å². The second-order valence-corrected chi connectivity index (χ2v) is 4.61. The highest BCUT2D eigenvalue weighted by Gasteiger charge is 2.44. The molecule has 0 spiro atoms. The molecule has 1 aliphatic rings. The molecule has 92 valence electrons. The monoisotopic (exact) mass is 255 g/mol. The van der Waals surface area contributed by atoms with Gasteiger partial charge in [0.15, 0.2) is 0 Å². The minimum Gasteiger partial charge on any atom is -0.477 e. The van der Waals surface area contributed by atoms with Crippen LogP contribution >= 0.6 is 11.6 Å². The minimum absolute atomic E-state index is 0.463. The number of halogens is 1. The van der Waals surface area contributed by atoms with Gasteiger partial charge in [0.05, 0.1) is 0 Å². The zero-order chi connectivity index (χ0) is 12.5. The maximum atomic E-state index is 11.3. The summed E-state index contributed by atoms with van der Waals surface area (Å²) in [6, 6.07) is 5.14. The van der Waals surface area contributed by atoms with Crippen LogP contribution in [0.5, 0.6) is 5.75 Å². The zero-order valence-electron chi connectivity index (χ0n) is 9.50. The van der Waals surface area contributed by atoms with Gasteiger partial charge in [0.1, 0.15) is 5.75 Å². The van der Waals surface area contributed by atoms with Crippen LogP contribution in [-0.4, -0.2) is 23.3 Å². The number of hydrogen-bond acceptors (Lipinski definition) is 3. The molecular formula is C12H14ClNO3. The van der Waals surface area contributed by atoms with Gasteiger partial charge in [-0.1, -0.05) is 11.6 Å². The molecule has 2 N–H and O–H groups in total. The quantitative estimate of drug-likeness (QED) is 0.869. The summed E-state index contributed by atoms with van der Waals surface area (Å²) in [5.41, 5.74) is -0.467. The van der Waals surface area contributed by atoms with Gasteiger partial charge in [-0.2, -0.15) is 0 Å². The number of aryl methyl sites for hydroxylation is 1. The van der Waals surface area contributed by atoms with Gasteiger partial charge >= 0.3 is 5.97 Å². The molecule has 0 bridgehead atoms. The molecule has 1 aliphatic heterocycles. The molecule has 1 aromatic rings. The predicted molar refractivity (Wildman–Crippen MR) is 64.4 cm³/mol. The Hall–Kier alpha value is -1.26. The molecular weight excluding hydrogens is 242 g/mol. The lowest BCUT2D eigenvalue weighted by molar-refractivity contribution is -0.157. The smallest absolute Gasteiger partial charge is 0.363 e. The topological polar surface area (TPSA) is 58.6 Å². The highest BCUT2D eigenvalue weighted by Crippen LogP contribution is 2.29. The van der Waals surface area contributed by atoms with Crippen molar-refractivity contribution in [1.29, 1.82) is 0 Å². The normalized spacial score (nSPS) is 23.6. The predicted octanol–water partition coefficient (Wildman–Crippen LogP) is 2.19. The number of benzene rings is 1. The van der Waals surface area contributed by atoms with Crippen molar-refractivity contribution in [1.82, 2.24) is 5.32 Å². The van der Waals surface area contributed by atoms with Gasteiger partial charge < -0.3 is 9.84 Å². The minimum atomic E-state index is -1.29. The number of carbonyl (C=O) groups is 1. The second-order valence-electron chi connectivity index (χ2n) is 4.17. The third-order valence-electron chi connectivity index (χ3n) is 2.88. The lowest BCUT2D eigenvalue weighted by Crippen LogP contribution is -2.52. The maximum Gasteiger partial charge on any atom is 0.363 e. The van der Waals surface area contributed by atoms with Gasteiger partial charge in [0.25, 0.3) is 5.72 Å². The second kappa shape index (κ2) is 4.55. The number of aliphatic carboxylic acids is 1. The first-order valence-electron chi connectivity index (χ1n) is 5.47. The number of rotatable bonds is 3. The van der Waals surface area contributed by atoms with E-state index in [4.69, 9.17) is 16.3 Å². The summed E-state index contributed by atoms with van der Waals surface area (Å²) in [5, 5.41) is 12.8. The molecule has 5 heteroatoms. The van der Waals surface area contributed by atoms with Crippen molar-refractivity contribution in [2.24, 2.45) is 0 Å². The van der Waals surface area contributed by atoms with Crippen LogP contribution in [0, 0.1) is 6.92 Å². The van der Waals surface area contributed by atoms with Crippen molar-refractivity contribution in [2.75, 3.05) is 6.54 Å². The summed E-state index contributed by atoms with van der Waals surface area (Å²) in [6.45, 7) is 2.49. The first-order valence-corrected chi connectivity index (χ1v) is 5.85. The number of carboxylic acid groups (broad SMARTS) is 1. The fraction of sp³-hybridized carbons (Fsp3) is 0.417. The Balaban J connectivity index is 2.26. The van der Waals surface area contributed by atoms with E-state index in [2.05, 4.69) is 5.32 Å². The fourth-order valence-corrected chi connectivity index (χ4v) is 2.17. The fourth-order valence-electron chi connectivity index (χ4n) is 1.94. The lowest BCUT2D eigenvalue weighted by Gasteiger charge is -2.26. The standard InChI is InChI=1S/C12H14ClNO3/c1-8-7-9(13)3-4-10(8)17-12(11(15)16)5-2-6-14-12/h3-4,7,14H,2,5-6H2,1H3,(H,15,16)/t12-/m1/s1.